The van der Waals surface area contributed by atoms with Crippen molar-refractivity contribution in [2.45, 2.75) is 0 Å². The van der Waals surface area contributed by atoms with Gasteiger partial charge in [0.05, 0.1) is 6.20 Å². The highest BCUT2D eigenvalue weighted by atomic mass is 16.3. The molecule has 0 aliphatic heterocycles. The molecule has 1 aromatic heterocycles. The number of rotatable bonds is 2. The van der Waals surface area contributed by atoms with Gasteiger partial charge in [-0.05, 0) is 17.7 Å². The third kappa shape index (κ3) is 1.95. The van der Waals surface area contributed by atoms with Crippen LogP contribution < -0.4 is 0 Å². The quantitative estimate of drug-likeness (QED) is 0.697. The lowest BCUT2D eigenvalue weighted by molar-refractivity contribution is 0.475. The second-order valence-corrected chi connectivity index (χ2v) is 2.68. The highest BCUT2D eigenvalue weighted by Crippen LogP contribution is 2.10. The predicted octanol–water partition coefficient (Wildman–Crippen LogP) is 1.26. The van der Waals surface area contributed by atoms with Gasteiger partial charge in [0.2, 0.25) is 0 Å². The number of nitrogens with one attached hydrogen (secondary N) is 1. The minimum absolute atomic E-state index is 0.217. The van der Waals surface area contributed by atoms with Crippen LogP contribution in [0.1, 0.15) is 5.56 Å². The van der Waals surface area contributed by atoms with E-state index in [1.807, 2.05) is 6.07 Å². The number of H-pyrrole nitrogens is 1. The Morgan fingerprint density at radius 1 is 1.43 bits per heavy atom. The summed E-state index contributed by atoms with van der Waals surface area (Å²) in [7, 11) is 0. The summed E-state index contributed by atoms with van der Waals surface area (Å²) in [4.78, 5) is 4.04. The third-order valence-electron chi connectivity index (χ3n) is 1.62. The Morgan fingerprint density at radius 3 is 3.07 bits per heavy atom. The topological polar surface area (TPSA) is 74.2 Å². The number of nitrogens with zero attached hydrogens (tertiary/aromatic N) is 3. The van der Waals surface area contributed by atoms with Crippen molar-refractivity contribution in [2.75, 3.05) is 0 Å². The van der Waals surface area contributed by atoms with E-state index in [9.17, 15) is 5.11 Å². The Morgan fingerprint density at radius 2 is 2.36 bits per heavy atom. The van der Waals surface area contributed by atoms with Gasteiger partial charge < -0.3 is 5.11 Å². The lowest BCUT2D eigenvalue weighted by atomic mass is 10.2. The number of aliphatic imine (C=N–C) groups is 1. The molecule has 1 aromatic carbocycles. The van der Waals surface area contributed by atoms with Crippen LogP contribution in [0.3, 0.4) is 0 Å². The normalized spacial score (nSPS) is 10.9. The first-order chi connectivity index (χ1) is 6.84. The van der Waals surface area contributed by atoms with Gasteiger partial charge in [0.15, 0.2) is 5.82 Å². The maximum atomic E-state index is 9.17. The molecule has 0 aliphatic carbocycles. The molecule has 70 valence electrons. The van der Waals surface area contributed by atoms with Crippen molar-refractivity contribution in [3.05, 3.63) is 36.0 Å². The number of benzene rings is 1. The van der Waals surface area contributed by atoms with Gasteiger partial charge >= 0.3 is 0 Å². The Hall–Kier alpha value is -2.17. The molecule has 2 aromatic rings. The molecule has 1 heterocycles. The van der Waals surface area contributed by atoms with Crippen LogP contribution in [0.15, 0.2) is 35.5 Å². The van der Waals surface area contributed by atoms with Crippen LogP contribution in [0.5, 0.6) is 5.75 Å². The van der Waals surface area contributed by atoms with E-state index in [1.165, 1.54) is 6.20 Å². The number of hydrogen-bond donors (Lipinski definition) is 2. The minimum Gasteiger partial charge on any atom is -0.508 e. The lowest BCUT2D eigenvalue weighted by Crippen LogP contribution is -1.78. The number of aromatic hydroxyl groups is 1. The van der Waals surface area contributed by atoms with Crippen LogP contribution in [-0.2, 0) is 0 Å². The van der Waals surface area contributed by atoms with E-state index in [1.54, 1.807) is 24.4 Å². The highest BCUT2D eigenvalue weighted by Gasteiger charge is 1.91. The molecule has 2 rings (SSSR count). The second kappa shape index (κ2) is 3.69. The molecule has 0 radical (unpaired) electrons. The monoisotopic (exact) mass is 188 g/mol. The zero-order chi connectivity index (χ0) is 9.80. The predicted molar refractivity (Wildman–Crippen MR) is 51.7 cm³/mol. The average Bonchev–Trinajstić information content (AvgIpc) is 2.67. The summed E-state index contributed by atoms with van der Waals surface area (Å²) in [5.74, 6) is 0.724. The van der Waals surface area contributed by atoms with Crippen molar-refractivity contribution in [1.82, 2.24) is 15.4 Å². The first-order valence-corrected chi connectivity index (χ1v) is 4.03. The van der Waals surface area contributed by atoms with E-state index in [4.69, 9.17) is 0 Å². The van der Waals surface area contributed by atoms with Crippen molar-refractivity contribution < 1.29 is 5.11 Å². The van der Waals surface area contributed by atoms with Crippen molar-refractivity contribution in [2.24, 2.45) is 4.99 Å². The van der Waals surface area contributed by atoms with Crippen molar-refractivity contribution in [1.29, 1.82) is 0 Å². The lowest BCUT2D eigenvalue weighted by Gasteiger charge is -1.92. The molecule has 2 N–H and O–H groups in total. The number of hydrogen-bond acceptors (Lipinski definition) is 4. The molecule has 0 bridgehead atoms. The van der Waals surface area contributed by atoms with E-state index < -0.39 is 0 Å². The van der Waals surface area contributed by atoms with Crippen LogP contribution in [0.2, 0.25) is 0 Å². The van der Waals surface area contributed by atoms with E-state index in [0.29, 0.717) is 5.82 Å². The molecule has 0 saturated carbocycles. The highest BCUT2D eigenvalue weighted by molar-refractivity contribution is 5.81. The van der Waals surface area contributed by atoms with E-state index >= 15 is 0 Å². The smallest absolute Gasteiger partial charge is 0.194 e. The zero-order valence-corrected chi connectivity index (χ0v) is 7.25. The minimum atomic E-state index is 0.217. The summed E-state index contributed by atoms with van der Waals surface area (Å²) in [6.45, 7) is 0. The van der Waals surface area contributed by atoms with Crippen LogP contribution in [0.4, 0.5) is 5.82 Å². The van der Waals surface area contributed by atoms with Crippen LogP contribution in [0, 0.1) is 0 Å². The number of aromatic nitrogens is 3. The molecule has 0 spiro atoms. The molecule has 0 fully saturated rings. The number of aromatic amines is 1. The maximum Gasteiger partial charge on any atom is 0.194 e. The van der Waals surface area contributed by atoms with Gasteiger partial charge in [-0.2, -0.15) is 10.3 Å². The Labute approximate surface area is 80.1 Å². The molecule has 0 atom stereocenters. The van der Waals surface area contributed by atoms with E-state index in [2.05, 4.69) is 20.4 Å². The molecule has 5 heteroatoms. The number of phenolic OH excluding ortho intramolecular Hbond substituents is 1. The second-order valence-electron chi connectivity index (χ2n) is 2.68. The summed E-state index contributed by atoms with van der Waals surface area (Å²) >= 11 is 0. The maximum absolute atomic E-state index is 9.17. The SMILES string of the molecule is Oc1cccc(C=Nc2cn[nH]n2)c1. The van der Waals surface area contributed by atoms with Crippen molar-refractivity contribution in [3.8, 4) is 5.75 Å². The van der Waals surface area contributed by atoms with Gasteiger partial charge in [0, 0.05) is 6.21 Å². The molecule has 0 saturated heterocycles. The van der Waals surface area contributed by atoms with Gasteiger partial charge in [-0.1, -0.05) is 12.1 Å². The fraction of sp³-hybridized carbons (Fsp3) is 0. The zero-order valence-electron chi connectivity index (χ0n) is 7.25. The number of phenols is 1. The third-order valence-corrected chi connectivity index (χ3v) is 1.62. The van der Waals surface area contributed by atoms with Gasteiger partial charge in [0.25, 0.3) is 0 Å². The summed E-state index contributed by atoms with van der Waals surface area (Å²) in [6, 6.07) is 6.81. The molecule has 5 nitrogen and oxygen atoms in total. The first-order valence-electron chi connectivity index (χ1n) is 4.03. The molecular formula is C9H8N4O. The van der Waals surface area contributed by atoms with Gasteiger partial charge in [-0.15, -0.1) is 5.10 Å². The average molecular weight is 188 g/mol. The van der Waals surface area contributed by atoms with E-state index in [-0.39, 0.29) is 5.75 Å². The van der Waals surface area contributed by atoms with Crippen LogP contribution in [-0.4, -0.2) is 26.7 Å². The van der Waals surface area contributed by atoms with Crippen molar-refractivity contribution in [3.63, 3.8) is 0 Å². The molecular weight excluding hydrogens is 180 g/mol. The fourth-order valence-electron chi connectivity index (χ4n) is 1.00. The molecule has 14 heavy (non-hydrogen) atoms. The molecule has 0 unspecified atom stereocenters. The first kappa shape index (κ1) is 8.43. The Kier molecular flexibility index (Phi) is 2.22. The van der Waals surface area contributed by atoms with Crippen LogP contribution >= 0.6 is 0 Å². The largest absolute Gasteiger partial charge is 0.508 e. The van der Waals surface area contributed by atoms with Gasteiger partial charge in [0.1, 0.15) is 5.75 Å². The Bertz CT molecular complexity index is 436. The van der Waals surface area contributed by atoms with E-state index in [0.717, 1.165) is 5.56 Å². The summed E-state index contributed by atoms with van der Waals surface area (Å²) in [5.41, 5.74) is 0.813. The fourth-order valence-corrected chi connectivity index (χ4v) is 1.00. The van der Waals surface area contributed by atoms with Crippen molar-refractivity contribution >= 4 is 12.0 Å². The summed E-state index contributed by atoms with van der Waals surface area (Å²) < 4.78 is 0. The molecule has 0 amide bonds. The van der Waals surface area contributed by atoms with Gasteiger partial charge in [-0.3, -0.25) is 0 Å². The molecule has 0 aliphatic rings. The summed E-state index contributed by atoms with van der Waals surface area (Å²) in [6.07, 6.45) is 3.12. The van der Waals surface area contributed by atoms with Gasteiger partial charge in [-0.25, -0.2) is 4.99 Å². The summed E-state index contributed by atoms with van der Waals surface area (Å²) in [5, 5.41) is 19.0. The van der Waals surface area contributed by atoms with Crippen LogP contribution in [0.25, 0.3) is 0 Å². The standard InChI is InChI=1S/C9H8N4O/c14-8-3-1-2-7(4-8)5-10-9-6-11-13-12-9/h1-6,14H,(H,11,12,13). The Balaban J connectivity index is 2.18.